The number of hydrogen-bond acceptors (Lipinski definition) is 5. The first kappa shape index (κ1) is 23.1. The molecule has 1 atom stereocenters. The number of nitrogens with one attached hydrogen (secondary N) is 2. The predicted molar refractivity (Wildman–Crippen MR) is 119 cm³/mol. The van der Waals surface area contributed by atoms with Crippen LogP contribution in [-0.2, 0) is 14.8 Å². The third-order valence-corrected chi connectivity index (χ3v) is 6.96. The maximum atomic E-state index is 12.6. The molecule has 1 amide bonds. The maximum absolute atomic E-state index is 12.6. The first-order chi connectivity index (χ1) is 14.9. The summed E-state index contributed by atoms with van der Waals surface area (Å²) in [4.78, 5) is 12.4. The van der Waals surface area contributed by atoms with Crippen LogP contribution in [0.4, 0.5) is 0 Å². The Morgan fingerprint density at radius 2 is 1.61 bits per heavy atom. The van der Waals surface area contributed by atoms with Crippen molar-refractivity contribution in [2.45, 2.75) is 56.0 Å². The molecule has 0 aromatic heterocycles. The summed E-state index contributed by atoms with van der Waals surface area (Å²) >= 11 is 0. The van der Waals surface area contributed by atoms with E-state index in [1.807, 2.05) is 31.2 Å². The van der Waals surface area contributed by atoms with Gasteiger partial charge in [-0.15, -0.1) is 0 Å². The molecule has 7 nitrogen and oxygen atoms in total. The zero-order valence-corrected chi connectivity index (χ0v) is 18.8. The Labute approximate surface area is 184 Å². The minimum atomic E-state index is -3.55. The summed E-state index contributed by atoms with van der Waals surface area (Å²) in [6, 6.07) is 13.4. The van der Waals surface area contributed by atoms with E-state index in [9.17, 15) is 13.2 Å². The molecule has 8 heteroatoms. The van der Waals surface area contributed by atoms with E-state index in [4.69, 9.17) is 9.47 Å². The van der Waals surface area contributed by atoms with Crippen molar-refractivity contribution < 1.29 is 22.7 Å². The van der Waals surface area contributed by atoms with Crippen molar-refractivity contribution in [3.63, 3.8) is 0 Å². The lowest BCUT2D eigenvalue weighted by atomic mass is 9.96. The van der Waals surface area contributed by atoms with Crippen molar-refractivity contribution in [1.29, 1.82) is 0 Å². The van der Waals surface area contributed by atoms with Gasteiger partial charge in [0.2, 0.25) is 10.0 Å². The molecule has 0 aliphatic heterocycles. The number of sulfonamides is 1. The minimum absolute atomic E-state index is 0.00561. The van der Waals surface area contributed by atoms with Gasteiger partial charge in [0.15, 0.2) is 6.61 Å². The van der Waals surface area contributed by atoms with Gasteiger partial charge in [-0.05, 0) is 61.7 Å². The second-order valence-electron chi connectivity index (χ2n) is 7.78. The van der Waals surface area contributed by atoms with Crippen molar-refractivity contribution in [3.8, 4) is 11.5 Å². The molecule has 0 bridgehead atoms. The van der Waals surface area contributed by atoms with E-state index in [0.29, 0.717) is 5.75 Å². The van der Waals surface area contributed by atoms with E-state index in [0.717, 1.165) is 43.4 Å². The van der Waals surface area contributed by atoms with Crippen molar-refractivity contribution in [2.24, 2.45) is 0 Å². The molecule has 1 saturated carbocycles. The van der Waals surface area contributed by atoms with Crippen LogP contribution in [0, 0.1) is 0 Å². The fourth-order valence-electron chi connectivity index (χ4n) is 3.63. The van der Waals surface area contributed by atoms with Crippen molar-refractivity contribution in [1.82, 2.24) is 10.0 Å². The number of carbonyl (C=O) groups excluding carboxylic acids is 1. The summed E-state index contributed by atoms with van der Waals surface area (Å²) in [7, 11) is -1.95. The first-order valence-corrected chi connectivity index (χ1v) is 12.0. The number of hydrogen-bond donors (Lipinski definition) is 2. The average molecular weight is 447 g/mol. The van der Waals surface area contributed by atoms with Crippen molar-refractivity contribution >= 4 is 15.9 Å². The number of amides is 1. The summed E-state index contributed by atoms with van der Waals surface area (Å²) in [5.41, 5.74) is 0.953. The van der Waals surface area contributed by atoms with E-state index in [-0.39, 0.29) is 29.5 Å². The Kier molecular flexibility index (Phi) is 7.92. The van der Waals surface area contributed by atoms with Crippen LogP contribution in [0.3, 0.4) is 0 Å². The van der Waals surface area contributed by atoms with Crippen LogP contribution in [-0.4, -0.2) is 34.1 Å². The molecule has 0 radical (unpaired) electrons. The lowest BCUT2D eigenvalue weighted by Gasteiger charge is -2.22. The molecule has 3 rings (SSSR count). The highest BCUT2D eigenvalue weighted by molar-refractivity contribution is 7.89. The van der Waals surface area contributed by atoms with Gasteiger partial charge in [0.25, 0.3) is 5.91 Å². The molecule has 0 saturated heterocycles. The minimum Gasteiger partial charge on any atom is -0.497 e. The normalized spacial score (nSPS) is 15.8. The van der Waals surface area contributed by atoms with Gasteiger partial charge >= 0.3 is 0 Å². The number of carbonyl (C=O) groups is 1. The maximum Gasteiger partial charge on any atom is 0.258 e. The second-order valence-corrected chi connectivity index (χ2v) is 9.49. The number of methoxy groups -OCH3 is 1. The summed E-state index contributed by atoms with van der Waals surface area (Å²) < 4.78 is 38.5. The molecule has 168 valence electrons. The van der Waals surface area contributed by atoms with E-state index in [1.165, 1.54) is 12.1 Å². The smallest absolute Gasteiger partial charge is 0.258 e. The average Bonchev–Trinajstić information content (AvgIpc) is 2.78. The predicted octanol–water partition coefficient (Wildman–Crippen LogP) is 3.56. The van der Waals surface area contributed by atoms with Gasteiger partial charge in [0.05, 0.1) is 18.0 Å². The van der Waals surface area contributed by atoms with E-state index >= 15 is 0 Å². The topological polar surface area (TPSA) is 93.7 Å². The Morgan fingerprint density at radius 1 is 1.00 bits per heavy atom. The molecule has 2 aromatic rings. The SMILES string of the molecule is COc1ccc([C@@H](C)NC(=O)COc2ccc(S(=O)(=O)NC3CCCCC3)cc2)cc1. The van der Waals surface area contributed by atoms with Gasteiger partial charge in [-0.2, -0.15) is 0 Å². The fraction of sp³-hybridized carbons (Fsp3) is 0.435. The molecule has 0 unspecified atom stereocenters. The Balaban J connectivity index is 1.49. The largest absolute Gasteiger partial charge is 0.497 e. The van der Waals surface area contributed by atoms with E-state index < -0.39 is 10.0 Å². The summed E-state index contributed by atoms with van der Waals surface area (Å²) in [6.07, 6.45) is 5.03. The number of rotatable bonds is 9. The highest BCUT2D eigenvalue weighted by atomic mass is 32.2. The van der Waals surface area contributed by atoms with Gasteiger partial charge in [-0.3, -0.25) is 4.79 Å². The molecule has 2 N–H and O–H groups in total. The van der Waals surface area contributed by atoms with Gasteiger partial charge < -0.3 is 14.8 Å². The lowest BCUT2D eigenvalue weighted by molar-refractivity contribution is -0.123. The second kappa shape index (κ2) is 10.6. The highest BCUT2D eigenvalue weighted by Crippen LogP contribution is 2.21. The van der Waals surface area contributed by atoms with Crippen molar-refractivity contribution in [2.75, 3.05) is 13.7 Å². The Morgan fingerprint density at radius 3 is 2.23 bits per heavy atom. The molecule has 0 heterocycles. The van der Waals surface area contributed by atoms with Gasteiger partial charge in [-0.1, -0.05) is 31.4 Å². The molecule has 1 aliphatic carbocycles. The first-order valence-electron chi connectivity index (χ1n) is 10.6. The lowest BCUT2D eigenvalue weighted by Crippen LogP contribution is -2.36. The van der Waals surface area contributed by atoms with Gasteiger partial charge in [0, 0.05) is 6.04 Å². The number of benzene rings is 2. The van der Waals surface area contributed by atoms with Crippen molar-refractivity contribution in [3.05, 3.63) is 54.1 Å². The number of ether oxygens (including phenoxy) is 2. The molecule has 1 fully saturated rings. The van der Waals surface area contributed by atoms with Crippen LogP contribution in [0.5, 0.6) is 11.5 Å². The molecule has 1 aliphatic rings. The van der Waals surface area contributed by atoms with Gasteiger partial charge in [-0.25, -0.2) is 13.1 Å². The van der Waals surface area contributed by atoms with Crippen LogP contribution in [0.1, 0.15) is 50.6 Å². The van der Waals surface area contributed by atoms with Crippen LogP contribution in [0.2, 0.25) is 0 Å². The standard InChI is InChI=1S/C23H30N2O5S/c1-17(18-8-10-20(29-2)11-9-18)24-23(26)16-30-21-12-14-22(15-13-21)31(27,28)25-19-6-4-3-5-7-19/h8-15,17,19,25H,3-7,16H2,1-2H3,(H,24,26)/t17-/m1/s1. The zero-order valence-electron chi connectivity index (χ0n) is 18.0. The molecular formula is C23H30N2O5S. The monoisotopic (exact) mass is 446 g/mol. The third kappa shape index (κ3) is 6.70. The van der Waals surface area contributed by atoms with Crippen LogP contribution in [0.15, 0.2) is 53.4 Å². The molecule has 31 heavy (non-hydrogen) atoms. The Hall–Kier alpha value is -2.58. The Bertz CT molecular complexity index is 952. The zero-order chi connectivity index (χ0) is 22.3. The molecular weight excluding hydrogens is 416 g/mol. The fourth-order valence-corrected chi connectivity index (χ4v) is 4.94. The van der Waals surface area contributed by atoms with Gasteiger partial charge in [0.1, 0.15) is 11.5 Å². The summed E-state index contributed by atoms with van der Waals surface area (Å²) in [6.45, 7) is 1.73. The van der Waals surface area contributed by atoms with Crippen LogP contribution < -0.4 is 19.5 Å². The summed E-state index contributed by atoms with van der Waals surface area (Å²) in [5, 5.41) is 2.87. The molecule has 2 aromatic carbocycles. The van der Waals surface area contributed by atoms with Crippen LogP contribution in [0.25, 0.3) is 0 Å². The molecule has 0 spiro atoms. The summed E-state index contributed by atoms with van der Waals surface area (Å²) in [5.74, 6) is 0.924. The van der Waals surface area contributed by atoms with E-state index in [1.54, 1.807) is 19.2 Å². The van der Waals surface area contributed by atoms with E-state index in [2.05, 4.69) is 10.0 Å². The quantitative estimate of drug-likeness (QED) is 0.614. The highest BCUT2D eigenvalue weighted by Gasteiger charge is 2.21. The third-order valence-electron chi connectivity index (χ3n) is 5.42. The van der Waals surface area contributed by atoms with Crippen LogP contribution >= 0.6 is 0 Å².